The molecule has 1 aromatic heterocycles. The fourth-order valence-corrected chi connectivity index (χ4v) is 4.46. The van der Waals surface area contributed by atoms with Gasteiger partial charge in [-0.15, -0.1) is 0 Å². The summed E-state index contributed by atoms with van der Waals surface area (Å²) in [4.78, 5) is 34.8. The summed E-state index contributed by atoms with van der Waals surface area (Å²) in [6, 6.07) is 10.0. The van der Waals surface area contributed by atoms with Crippen LogP contribution in [0.5, 0.6) is 0 Å². The number of nitrogens with zero attached hydrogens (tertiary/aromatic N) is 3. The van der Waals surface area contributed by atoms with Gasteiger partial charge in [0, 0.05) is 37.6 Å². The Kier molecular flexibility index (Phi) is 5.02. The summed E-state index contributed by atoms with van der Waals surface area (Å²) in [7, 11) is 4.04. The third-order valence-corrected chi connectivity index (χ3v) is 6.25. The van der Waals surface area contributed by atoms with Gasteiger partial charge >= 0.3 is 0 Å². The number of aromatic amines is 1. The minimum absolute atomic E-state index is 0.104. The van der Waals surface area contributed by atoms with Gasteiger partial charge in [-0.1, -0.05) is 18.2 Å². The third-order valence-electron chi connectivity index (χ3n) is 6.25. The fourth-order valence-electron chi connectivity index (χ4n) is 4.46. The summed E-state index contributed by atoms with van der Waals surface area (Å²) in [6.45, 7) is 4.28. The number of amides is 1. The molecule has 2 aromatic rings. The zero-order valence-corrected chi connectivity index (χ0v) is 16.1. The predicted octanol–water partition coefficient (Wildman–Crippen LogP) is 1.77. The van der Waals surface area contributed by atoms with Crippen molar-refractivity contribution in [1.82, 2.24) is 19.7 Å². The van der Waals surface area contributed by atoms with Crippen LogP contribution in [0.4, 0.5) is 0 Å². The Hall–Kier alpha value is -2.18. The second-order valence-corrected chi connectivity index (χ2v) is 7.99. The van der Waals surface area contributed by atoms with Gasteiger partial charge in [0.2, 0.25) is 0 Å². The number of carbonyl (C=O) groups excluding carboxylic acids is 1. The van der Waals surface area contributed by atoms with E-state index in [1.54, 1.807) is 12.1 Å². The minimum atomic E-state index is -0.204. The zero-order chi connectivity index (χ0) is 19.0. The van der Waals surface area contributed by atoms with E-state index < -0.39 is 0 Å². The highest BCUT2D eigenvalue weighted by atomic mass is 16.2. The molecule has 3 heterocycles. The average Bonchev–Trinajstić information content (AvgIpc) is 3.17. The monoisotopic (exact) mass is 368 g/mol. The number of fused-ring (bicyclic) bond motifs is 1. The van der Waals surface area contributed by atoms with Crippen LogP contribution in [0.3, 0.4) is 0 Å². The lowest BCUT2D eigenvalue weighted by Crippen LogP contribution is -2.45. The highest BCUT2D eigenvalue weighted by Crippen LogP contribution is 2.23. The van der Waals surface area contributed by atoms with Crippen molar-refractivity contribution in [3.63, 3.8) is 0 Å². The molecular weight excluding hydrogens is 340 g/mol. The molecule has 2 aliphatic rings. The lowest BCUT2D eigenvalue weighted by Gasteiger charge is -2.35. The van der Waals surface area contributed by atoms with E-state index in [1.165, 1.54) is 12.8 Å². The van der Waals surface area contributed by atoms with Crippen molar-refractivity contribution in [3.8, 4) is 0 Å². The number of benzene rings is 1. The van der Waals surface area contributed by atoms with Crippen LogP contribution in [0.2, 0.25) is 0 Å². The Morgan fingerprint density at radius 2 is 1.89 bits per heavy atom. The van der Waals surface area contributed by atoms with Crippen LogP contribution in [0.1, 0.15) is 29.8 Å². The van der Waals surface area contributed by atoms with Crippen LogP contribution in [0, 0.1) is 0 Å². The van der Waals surface area contributed by atoms with Gasteiger partial charge in [0.15, 0.2) is 0 Å². The molecule has 4 rings (SSSR count). The maximum atomic E-state index is 13.0. The quantitative estimate of drug-likeness (QED) is 0.897. The van der Waals surface area contributed by atoms with E-state index >= 15 is 0 Å². The van der Waals surface area contributed by atoms with Crippen molar-refractivity contribution in [1.29, 1.82) is 0 Å². The zero-order valence-electron chi connectivity index (χ0n) is 16.1. The Morgan fingerprint density at radius 3 is 2.67 bits per heavy atom. The van der Waals surface area contributed by atoms with Crippen LogP contribution >= 0.6 is 0 Å². The normalized spacial score (nSPS) is 22.4. The van der Waals surface area contributed by atoms with Crippen molar-refractivity contribution >= 4 is 16.7 Å². The number of nitrogens with one attached hydrogen (secondary N) is 1. The van der Waals surface area contributed by atoms with Crippen LogP contribution in [-0.2, 0) is 0 Å². The van der Waals surface area contributed by atoms with Gasteiger partial charge in [-0.3, -0.25) is 14.5 Å². The van der Waals surface area contributed by atoms with E-state index in [-0.39, 0.29) is 17.5 Å². The minimum Gasteiger partial charge on any atom is -0.336 e. The van der Waals surface area contributed by atoms with Gasteiger partial charge in [0.05, 0.1) is 0 Å². The first-order valence-corrected chi connectivity index (χ1v) is 9.85. The Balaban J connectivity index is 1.46. The molecule has 0 radical (unpaired) electrons. The number of hydrogen-bond donors (Lipinski definition) is 1. The van der Waals surface area contributed by atoms with Crippen LogP contribution in [-0.4, -0.2) is 77.9 Å². The number of pyridine rings is 1. The number of aromatic nitrogens is 1. The number of H-pyrrole nitrogens is 1. The lowest BCUT2D eigenvalue weighted by atomic mass is 10.0. The van der Waals surface area contributed by atoms with Crippen molar-refractivity contribution in [3.05, 3.63) is 46.4 Å². The first kappa shape index (κ1) is 18.2. The van der Waals surface area contributed by atoms with Gasteiger partial charge in [0.1, 0.15) is 5.69 Å². The fraction of sp³-hybridized carbons (Fsp3) is 0.524. The smallest absolute Gasteiger partial charge is 0.270 e. The summed E-state index contributed by atoms with van der Waals surface area (Å²) in [5.74, 6) is -0.104. The second-order valence-electron chi connectivity index (χ2n) is 7.99. The Bertz CT molecular complexity index is 885. The number of piperidine rings is 1. The van der Waals surface area contributed by atoms with E-state index in [2.05, 4.69) is 21.8 Å². The molecule has 1 aromatic carbocycles. The van der Waals surface area contributed by atoms with E-state index in [9.17, 15) is 9.59 Å². The van der Waals surface area contributed by atoms with Crippen molar-refractivity contribution in [2.24, 2.45) is 0 Å². The first-order valence-electron chi connectivity index (χ1n) is 9.85. The number of likely N-dealkylation sites (N-methyl/N-ethyl adjacent to an activating group) is 1. The summed E-state index contributed by atoms with van der Waals surface area (Å²) >= 11 is 0. The molecule has 27 heavy (non-hydrogen) atoms. The van der Waals surface area contributed by atoms with Crippen LogP contribution in [0.25, 0.3) is 10.8 Å². The van der Waals surface area contributed by atoms with Crippen molar-refractivity contribution in [2.75, 3.05) is 40.3 Å². The SMILES string of the molecule is CN1CCC(N2CCC(N(C)C(=O)c3cc4ccccc4c(=O)[nH]3)C2)CC1. The molecule has 0 aliphatic carbocycles. The number of rotatable bonds is 3. The summed E-state index contributed by atoms with van der Waals surface area (Å²) in [6.07, 6.45) is 3.41. The van der Waals surface area contributed by atoms with Crippen molar-refractivity contribution < 1.29 is 4.79 Å². The maximum absolute atomic E-state index is 13.0. The average molecular weight is 368 g/mol. The number of hydrogen-bond acceptors (Lipinski definition) is 4. The largest absolute Gasteiger partial charge is 0.336 e. The Labute approximate surface area is 159 Å². The molecule has 6 nitrogen and oxygen atoms in total. The van der Waals surface area contributed by atoms with E-state index in [0.717, 1.165) is 38.0 Å². The van der Waals surface area contributed by atoms with Gasteiger partial charge < -0.3 is 14.8 Å². The molecule has 0 saturated carbocycles. The molecule has 2 saturated heterocycles. The van der Waals surface area contributed by atoms with Gasteiger partial charge in [-0.05, 0) is 56.9 Å². The standard InChI is InChI=1S/C21H28N4O2/c1-23-10-7-16(8-11-23)25-12-9-17(14-25)24(2)21(27)19-13-15-5-3-4-6-18(15)20(26)22-19/h3-6,13,16-17H,7-12,14H2,1-2H3,(H,22,26). The highest BCUT2D eigenvalue weighted by molar-refractivity contribution is 5.96. The summed E-state index contributed by atoms with van der Waals surface area (Å²) in [5.41, 5.74) is 0.170. The Morgan fingerprint density at radius 1 is 1.15 bits per heavy atom. The van der Waals surface area contributed by atoms with E-state index in [4.69, 9.17) is 0 Å². The third kappa shape index (κ3) is 3.64. The molecule has 1 atom stereocenters. The van der Waals surface area contributed by atoms with Crippen LogP contribution in [0.15, 0.2) is 35.1 Å². The lowest BCUT2D eigenvalue weighted by molar-refractivity contribution is 0.0715. The van der Waals surface area contributed by atoms with Gasteiger partial charge in [0.25, 0.3) is 11.5 Å². The molecule has 0 spiro atoms. The summed E-state index contributed by atoms with van der Waals surface area (Å²) in [5, 5.41) is 1.42. The topological polar surface area (TPSA) is 59.6 Å². The van der Waals surface area contributed by atoms with E-state index in [1.807, 2.05) is 30.1 Å². The molecule has 6 heteroatoms. The van der Waals surface area contributed by atoms with Gasteiger partial charge in [-0.2, -0.15) is 0 Å². The summed E-state index contributed by atoms with van der Waals surface area (Å²) < 4.78 is 0. The molecule has 2 fully saturated rings. The molecule has 1 N–H and O–H groups in total. The molecule has 1 unspecified atom stereocenters. The second kappa shape index (κ2) is 7.44. The first-order chi connectivity index (χ1) is 13.0. The number of likely N-dealkylation sites (tertiary alicyclic amines) is 2. The maximum Gasteiger partial charge on any atom is 0.270 e. The predicted molar refractivity (Wildman–Crippen MR) is 107 cm³/mol. The van der Waals surface area contributed by atoms with Gasteiger partial charge in [-0.25, -0.2) is 0 Å². The molecular formula is C21H28N4O2. The molecule has 144 valence electrons. The molecule has 2 aliphatic heterocycles. The molecule has 1 amide bonds. The van der Waals surface area contributed by atoms with Crippen LogP contribution < -0.4 is 5.56 Å². The molecule has 0 bridgehead atoms. The van der Waals surface area contributed by atoms with E-state index in [0.29, 0.717) is 17.1 Å². The van der Waals surface area contributed by atoms with Crippen molar-refractivity contribution in [2.45, 2.75) is 31.3 Å². The highest BCUT2D eigenvalue weighted by Gasteiger charge is 2.33. The number of carbonyl (C=O) groups is 1.